The van der Waals surface area contributed by atoms with Crippen molar-refractivity contribution in [3.8, 4) is 0 Å². The first-order chi connectivity index (χ1) is 16.7. The number of pyridine rings is 1. The molecule has 3 fully saturated rings. The summed E-state index contributed by atoms with van der Waals surface area (Å²) in [7, 11) is 1.88. The number of hydrogen-bond donors (Lipinski definition) is 2. The van der Waals surface area contributed by atoms with E-state index in [4.69, 9.17) is 4.98 Å². The molecule has 5 rings (SSSR count). The van der Waals surface area contributed by atoms with Crippen LogP contribution in [0.2, 0.25) is 0 Å². The molecule has 0 aromatic carbocycles. The second-order valence-electron chi connectivity index (χ2n) is 11.0. The molecule has 3 aliphatic rings. The molecule has 7 heteroatoms. The van der Waals surface area contributed by atoms with E-state index in [0.29, 0.717) is 5.69 Å². The van der Waals surface area contributed by atoms with Crippen molar-refractivity contribution in [2.75, 3.05) is 31.5 Å². The molecule has 34 heavy (non-hydrogen) atoms. The van der Waals surface area contributed by atoms with Crippen LogP contribution in [-0.2, 0) is 7.05 Å². The first-order valence-corrected chi connectivity index (χ1v) is 13.8. The summed E-state index contributed by atoms with van der Waals surface area (Å²) >= 11 is 0. The molecule has 0 bridgehead atoms. The predicted octanol–water partition coefficient (Wildman–Crippen LogP) is 4.74. The Morgan fingerprint density at radius 2 is 1.62 bits per heavy atom. The van der Waals surface area contributed by atoms with Gasteiger partial charge in [0.1, 0.15) is 5.82 Å². The molecule has 1 amide bonds. The third-order valence-corrected chi connectivity index (χ3v) is 8.36. The third kappa shape index (κ3) is 5.73. The zero-order valence-electron chi connectivity index (χ0n) is 20.9. The SMILES string of the molecule is Cn1nc(C(=O)NC2CCN(CC3CCCCC3)CC2)c2ccc(NCC3CCCCC3)nc21. The minimum atomic E-state index is -0.0685. The quantitative estimate of drug-likeness (QED) is 0.617. The molecule has 0 atom stereocenters. The Bertz CT molecular complexity index is 951. The summed E-state index contributed by atoms with van der Waals surface area (Å²) in [4.78, 5) is 20.5. The van der Waals surface area contributed by atoms with Crippen LogP contribution in [0.25, 0.3) is 11.0 Å². The molecule has 3 heterocycles. The number of aryl methyl sites for hydroxylation is 1. The van der Waals surface area contributed by atoms with Crippen LogP contribution in [-0.4, -0.2) is 57.8 Å². The molecule has 0 radical (unpaired) electrons. The number of carbonyl (C=O) groups is 1. The van der Waals surface area contributed by atoms with Crippen molar-refractivity contribution in [3.05, 3.63) is 17.8 Å². The van der Waals surface area contributed by atoms with Crippen LogP contribution >= 0.6 is 0 Å². The minimum Gasteiger partial charge on any atom is -0.370 e. The number of likely N-dealkylation sites (tertiary alicyclic amines) is 1. The summed E-state index contributed by atoms with van der Waals surface area (Å²) in [5.41, 5.74) is 1.26. The Morgan fingerprint density at radius 1 is 0.941 bits per heavy atom. The van der Waals surface area contributed by atoms with Gasteiger partial charge in [0.05, 0.1) is 5.39 Å². The van der Waals surface area contributed by atoms with E-state index in [0.717, 1.165) is 61.2 Å². The summed E-state index contributed by atoms with van der Waals surface area (Å²) in [6.45, 7) is 4.39. The van der Waals surface area contributed by atoms with E-state index in [2.05, 4.69) is 20.6 Å². The molecule has 2 saturated carbocycles. The van der Waals surface area contributed by atoms with E-state index in [-0.39, 0.29) is 11.9 Å². The summed E-state index contributed by atoms with van der Waals surface area (Å²) < 4.78 is 1.74. The second kappa shape index (κ2) is 11.1. The predicted molar refractivity (Wildman–Crippen MR) is 137 cm³/mol. The van der Waals surface area contributed by atoms with E-state index in [1.54, 1.807) is 4.68 Å². The molecule has 2 N–H and O–H groups in total. The Morgan fingerprint density at radius 3 is 2.32 bits per heavy atom. The van der Waals surface area contributed by atoms with Crippen LogP contribution in [0.3, 0.4) is 0 Å². The molecule has 1 saturated heterocycles. The lowest BCUT2D eigenvalue weighted by Gasteiger charge is -2.35. The van der Waals surface area contributed by atoms with Gasteiger partial charge in [0, 0.05) is 39.3 Å². The highest BCUT2D eigenvalue weighted by Crippen LogP contribution is 2.26. The van der Waals surface area contributed by atoms with Crippen molar-refractivity contribution in [1.29, 1.82) is 0 Å². The maximum atomic E-state index is 13.1. The molecule has 0 unspecified atom stereocenters. The molecule has 0 spiro atoms. The van der Waals surface area contributed by atoms with Gasteiger partial charge in [0.15, 0.2) is 11.3 Å². The van der Waals surface area contributed by atoms with Gasteiger partial charge in [-0.05, 0) is 62.5 Å². The summed E-state index contributed by atoms with van der Waals surface area (Å²) in [6.07, 6.45) is 15.8. The molecule has 2 aliphatic carbocycles. The van der Waals surface area contributed by atoms with Gasteiger partial charge in [0.2, 0.25) is 0 Å². The van der Waals surface area contributed by atoms with Crippen molar-refractivity contribution in [2.24, 2.45) is 18.9 Å². The van der Waals surface area contributed by atoms with E-state index in [1.165, 1.54) is 70.8 Å². The van der Waals surface area contributed by atoms with Crippen LogP contribution < -0.4 is 10.6 Å². The van der Waals surface area contributed by atoms with Gasteiger partial charge in [-0.15, -0.1) is 0 Å². The minimum absolute atomic E-state index is 0.0685. The Kier molecular flexibility index (Phi) is 7.67. The highest BCUT2D eigenvalue weighted by Gasteiger charge is 2.26. The largest absolute Gasteiger partial charge is 0.370 e. The molecule has 7 nitrogen and oxygen atoms in total. The van der Waals surface area contributed by atoms with Crippen molar-refractivity contribution < 1.29 is 4.79 Å². The third-order valence-electron chi connectivity index (χ3n) is 8.36. The molecule has 186 valence electrons. The number of hydrogen-bond acceptors (Lipinski definition) is 5. The van der Waals surface area contributed by atoms with Crippen LogP contribution in [0.1, 0.15) is 87.5 Å². The number of aromatic nitrogens is 3. The lowest BCUT2D eigenvalue weighted by atomic mass is 9.88. The monoisotopic (exact) mass is 466 g/mol. The van der Waals surface area contributed by atoms with E-state index in [1.807, 2.05) is 19.2 Å². The maximum Gasteiger partial charge on any atom is 0.272 e. The van der Waals surface area contributed by atoms with Gasteiger partial charge in [-0.2, -0.15) is 5.10 Å². The molecular weight excluding hydrogens is 424 g/mol. The molecular formula is C27H42N6O. The number of fused-ring (bicyclic) bond motifs is 1. The highest BCUT2D eigenvalue weighted by atomic mass is 16.2. The fourth-order valence-electron chi connectivity index (χ4n) is 6.29. The lowest BCUT2D eigenvalue weighted by molar-refractivity contribution is 0.0897. The number of amides is 1. The average molecular weight is 467 g/mol. The van der Waals surface area contributed by atoms with Gasteiger partial charge >= 0.3 is 0 Å². The zero-order chi connectivity index (χ0) is 23.3. The van der Waals surface area contributed by atoms with E-state index < -0.39 is 0 Å². The van der Waals surface area contributed by atoms with Gasteiger partial charge in [-0.3, -0.25) is 4.79 Å². The fraction of sp³-hybridized carbons (Fsp3) is 0.741. The number of carbonyl (C=O) groups excluding carboxylic acids is 1. The van der Waals surface area contributed by atoms with Gasteiger partial charge in [-0.1, -0.05) is 38.5 Å². The maximum absolute atomic E-state index is 13.1. The van der Waals surface area contributed by atoms with Crippen LogP contribution in [0, 0.1) is 11.8 Å². The lowest BCUT2D eigenvalue weighted by Crippen LogP contribution is -2.46. The molecule has 2 aromatic heterocycles. The Labute approximate surface area is 204 Å². The van der Waals surface area contributed by atoms with Crippen molar-refractivity contribution >= 4 is 22.8 Å². The summed E-state index contributed by atoms with van der Waals surface area (Å²) in [5.74, 6) is 2.43. The normalized spacial score (nSPS) is 21.7. The Hall–Kier alpha value is -2.15. The highest BCUT2D eigenvalue weighted by molar-refractivity contribution is 6.04. The van der Waals surface area contributed by atoms with Gasteiger partial charge < -0.3 is 15.5 Å². The second-order valence-corrected chi connectivity index (χ2v) is 11.0. The van der Waals surface area contributed by atoms with Gasteiger partial charge in [0.25, 0.3) is 5.91 Å². The fourth-order valence-corrected chi connectivity index (χ4v) is 6.29. The van der Waals surface area contributed by atoms with Crippen molar-refractivity contribution in [3.63, 3.8) is 0 Å². The van der Waals surface area contributed by atoms with Crippen molar-refractivity contribution in [2.45, 2.75) is 83.1 Å². The summed E-state index contributed by atoms with van der Waals surface area (Å²) in [5, 5.41) is 12.2. The first kappa shape index (κ1) is 23.6. The van der Waals surface area contributed by atoms with Crippen LogP contribution in [0.5, 0.6) is 0 Å². The number of anilines is 1. The van der Waals surface area contributed by atoms with E-state index >= 15 is 0 Å². The number of nitrogens with one attached hydrogen (secondary N) is 2. The summed E-state index contributed by atoms with van der Waals surface area (Å²) in [6, 6.07) is 4.23. The zero-order valence-corrected chi connectivity index (χ0v) is 20.9. The van der Waals surface area contributed by atoms with Gasteiger partial charge in [-0.25, -0.2) is 9.67 Å². The standard InChI is InChI=1S/C27H42N6O/c1-32-26-23(12-13-24(30-26)28-18-20-8-4-2-5-9-20)25(31-32)27(34)29-22-14-16-33(17-15-22)19-21-10-6-3-7-11-21/h12-13,20-22H,2-11,14-19H2,1H3,(H,28,30)(H,29,34). The molecule has 1 aliphatic heterocycles. The first-order valence-electron chi connectivity index (χ1n) is 13.8. The van der Waals surface area contributed by atoms with E-state index in [9.17, 15) is 4.79 Å². The number of piperidine rings is 1. The Balaban J connectivity index is 1.15. The average Bonchev–Trinajstić information content (AvgIpc) is 3.21. The molecule has 2 aromatic rings. The number of rotatable bonds is 7. The van der Waals surface area contributed by atoms with Crippen LogP contribution in [0.4, 0.5) is 5.82 Å². The number of nitrogens with zero attached hydrogens (tertiary/aromatic N) is 4. The topological polar surface area (TPSA) is 75.1 Å². The smallest absolute Gasteiger partial charge is 0.272 e. The van der Waals surface area contributed by atoms with Crippen molar-refractivity contribution in [1.82, 2.24) is 25.0 Å². The van der Waals surface area contributed by atoms with Crippen LogP contribution in [0.15, 0.2) is 12.1 Å².